The molecule has 1 saturated carbocycles. The van der Waals surface area contributed by atoms with Crippen molar-refractivity contribution in [2.45, 2.75) is 63.8 Å². The summed E-state index contributed by atoms with van der Waals surface area (Å²) in [7, 11) is 0. The number of aliphatic carboxylic acids is 1. The number of carboxylic acid groups (broad SMARTS) is 1. The van der Waals surface area contributed by atoms with E-state index in [1.54, 1.807) is 0 Å². The quantitative estimate of drug-likeness (QED) is 0.610. The molecule has 0 radical (unpaired) electrons. The second-order valence-electron chi connectivity index (χ2n) is 5.53. The van der Waals surface area contributed by atoms with E-state index in [1.165, 1.54) is 12.8 Å². The van der Waals surface area contributed by atoms with Crippen molar-refractivity contribution >= 4 is 17.8 Å². The van der Waals surface area contributed by atoms with Gasteiger partial charge in [-0.25, -0.2) is 4.79 Å². The molecule has 2 amide bonds. The highest BCUT2D eigenvalue weighted by Gasteiger charge is 2.22. The molecular weight excluding hydrogens is 260 g/mol. The molecule has 0 aliphatic heterocycles. The summed E-state index contributed by atoms with van der Waals surface area (Å²) in [6.07, 6.45) is 7.16. The molecular formula is C14H24N2O4. The van der Waals surface area contributed by atoms with Crippen LogP contribution in [0.2, 0.25) is 0 Å². The van der Waals surface area contributed by atoms with Crippen LogP contribution in [-0.4, -0.2) is 28.9 Å². The molecule has 1 rings (SSSR count). The van der Waals surface area contributed by atoms with Crippen LogP contribution in [0.5, 0.6) is 0 Å². The minimum Gasteiger partial charge on any atom is -0.480 e. The van der Waals surface area contributed by atoms with E-state index in [0.717, 1.165) is 25.7 Å². The summed E-state index contributed by atoms with van der Waals surface area (Å²) in [5.74, 6) is -1.58. The van der Waals surface area contributed by atoms with E-state index in [2.05, 4.69) is 5.32 Å². The maximum absolute atomic E-state index is 11.9. The number of nitrogens with two attached hydrogens (primary N) is 1. The van der Waals surface area contributed by atoms with Gasteiger partial charge in [-0.2, -0.15) is 0 Å². The van der Waals surface area contributed by atoms with Crippen molar-refractivity contribution in [3.8, 4) is 0 Å². The van der Waals surface area contributed by atoms with Crippen molar-refractivity contribution in [2.75, 3.05) is 0 Å². The number of carbonyl (C=O) groups excluding carboxylic acids is 2. The molecule has 1 aliphatic rings. The van der Waals surface area contributed by atoms with Gasteiger partial charge in [0.05, 0.1) is 0 Å². The van der Waals surface area contributed by atoms with E-state index < -0.39 is 17.9 Å². The van der Waals surface area contributed by atoms with Crippen LogP contribution in [0.4, 0.5) is 0 Å². The van der Waals surface area contributed by atoms with Crippen LogP contribution in [-0.2, 0) is 14.4 Å². The maximum atomic E-state index is 11.9. The highest BCUT2D eigenvalue weighted by atomic mass is 16.4. The Labute approximate surface area is 119 Å². The predicted molar refractivity (Wildman–Crippen MR) is 73.8 cm³/mol. The highest BCUT2D eigenvalue weighted by molar-refractivity contribution is 5.84. The zero-order valence-corrected chi connectivity index (χ0v) is 11.8. The SMILES string of the molecule is NC(=O)CC[C@@H](NC(=O)CC1CCCCCC1)C(=O)O. The zero-order valence-electron chi connectivity index (χ0n) is 11.8. The number of nitrogens with one attached hydrogen (secondary N) is 1. The molecule has 0 unspecified atom stereocenters. The first-order valence-electron chi connectivity index (χ1n) is 7.29. The Hall–Kier alpha value is -1.59. The molecule has 0 aromatic rings. The molecule has 0 aromatic heterocycles. The van der Waals surface area contributed by atoms with Crippen LogP contribution in [0, 0.1) is 5.92 Å². The van der Waals surface area contributed by atoms with Gasteiger partial charge in [0.1, 0.15) is 6.04 Å². The number of carbonyl (C=O) groups is 3. The molecule has 0 heterocycles. The molecule has 20 heavy (non-hydrogen) atoms. The third-order valence-electron chi connectivity index (χ3n) is 3.76. The van der Waals surface area contributed by atoms with E-state index in [-0.39, 0.29) is 18.7 Å². The van der Waals surface area contributed by atoms with Gasteiger partial charge < -0.3 is 16.2 Å². The second-order valence-corrected chi connectivity index (χ2v) is 5.53. The van der Waals surface area contributed by atoms with Crippen molar-refractivity contribution in [2.24, 2.45) is 11.7 Å². The Balaban J connectivity index is 2.40. The van der Waals surface area contributed by atoms with Gasteiger partial charge in [-0.1, -0.05) is 25.7 Å². The first-order chi connectivity index (χ1) is 9.49. The average molecular weight is 284 g/mol. The van der Waals surface area contributed by atoms with Crippen LogP contribution in [0.1, 0.15) is 57.8 Å². The highest BCUT2D eigenvalue weighted by Crippen LogP contribution is 2.25. The summed E-state index contributed by atoms with van der Waals surface area (Å²) in [5.41, 5.74) is 4.99. The largest absolute Gasteiger partial charge is 0.480 e. The monoisotopic (exact) mass is 284 g/mol. The van der Waals surface area contributed by atoms with Crippen LogP contribution in [0.3, 0.4) is 0 Å². The minimum absolute atomic E-state index is 0.0410. The number of amides is 2. The molecule has 1 fully saturated rings. The van der Waals surface area contributed by atoms with Gasteiger partial charge in [-0.15, -0.1) is 0 Å². The Bertz CT molecular complexity index is 349. The van der Waals surface area contributed by atoms with Crippen molar-refractivity contribution in [3.63, 3.8) is 0 Å². The second kappa shape index (κ2) is 8.55. The average Bonchev–Trinajstić information content (AvgIpc) is 2.62. The van der Waals surface area contributed by atoms with Gasteiger partial charge in [-0.05, 0) is 25.2 Å². The third-order valence-corrected chi connectivity index (χ3v) is 3.76. The third kappa shape index (κ3) is 6.54. The fourth-order valence-electron chi connectivity index (χ4n) is 2.63. The first kappa shape index (κ1) is 16.5. The van der Waals surface area contributed by atoms with Gasteiger partial charge >= 0.3 is 5.97 Å². The number of hydrogen-bond acceptors (Lipinski definition) is 3. The summed E-state index contributed by atoms with van der Waals surface area (Å²) >= 11 is 0. The zero-order chi connectivity index (χ0) is 15.0. The molecule has 0 aromatic carbocycles. The van der Waals surface area contributed by atoms with E-state index in [4.69, 9.17) is 10.8 Å². The van der Waals surface area contributed by atoms with Crippen molar-refractivity contribution in [1.29, 1.82) is 0 Å². The first-order valence-corrected chi connectivity index (χ1v) is 7.29. The number of hydrogen-bond donors (Lipinski definition) is 3. The lowest BCUT2D eigenvalue weighted by molar-refractivity contribution is -0.142. The molecule has 114 valence electrons. The lowest BCUT2D eigenvalue weighted by atomic mass is 9.96. The van der Waals surface area contributed by atoms with Crippen molar-refractivity contribution in [3.05, 3.63) is 0 Å². The molecule has 0 saturated heterocycles. The summed E-state index contributed by atoms with van der Waals surface area (Å²) in [4.78, 5) is 33.6. The molecule has 6 nitrogen and oxygen atoms in total. The van der Waals surface area contributed by atoms with E-state index >= 15 is 0 Å². The topological polar surface area (TPSA) is 109 Å². The number of primary amides is 1. The minimum atomic E-state index is -1.12. The van der Waals surface area contributed by atoms with Crippen LogP contribution in [0.15, 0.2) is 0 Å². The van der Waals surface area contributed by atoms with Crippen LogP contribution >= 0.6 is 0 Å². The maximum Gasteiger partial charge on any atom is 0.326 e. The van der Waals surface area contributed by atoms with Gasteiger partial charge in [0.2, 0.25) is 11.8 Å². The molecule has 4 N–H and O–H groups in total. The van der Waals surface area contributed by atoms with Gasteiger partial charge in [0, 0.05) is 12.8 Å². The smallest absolute Gasteiger partial charge is 0.326 e. The summed E-state index contributed by atoms with van der Waals surface area (Å²) in [5, 5.41) is 11.5. The number of rotatable bonds is 7. The predicted octanol–water partition coefficient (Wildman–Crippen LogP) is 1.18. The van der Waals surface area contributed by atoms with Gasteiger partial charge in [0.15, 0.2) is 0 Å². The lowest BCUT2D eigenvalue weighted by Gasteiger charge is -2.17. The van der Waals surface area contributed by atoms with Gasteiger partial charge in [-0.3, -0.25) is 9.59 Å². The van der Waals surface area contributed by atoms with E-state index in [0.29, 0.717) is 12.3 Å². The van der Waals surface area contributed by atoms with Crippen molar-refractivity contribution in [1.82, 2.24) is 5.32 Å². The van der Waals surface area contributed by atoms with Gasteiger partial charge in [0.25, 0.3) is 0 Å². The van der Waals surface area contributed by atoms with Crippen LogP contribution < -0.4 is 11.1 Å². The Morgan fingerprint density at radius 3 is 2.25 bits per heavy atom. The number of carboxylic acids is 1. The fraction of sp³-hybridized carbons (Fsp3) is 0.786. The standard InChI is InChI=1S/C14H24N2O4/c15-12(17)8-7-11(14(19)20)16-13(18)9-10-5-3-1-2-4-6-10/h10-11H,1-9H2,(H2,15,17)(H,16,18)(H,19,20)/t11-/m1/s1. The fourth-order valence-corrected chi connectivity index (χ4v) is 2.63. The Morgan fingerprint density at radius 1 is 1.15 bits per heavy atom. The summed E-state index contributed by atoms with van der Waals surface area (Å²) in [6, 6.07) is -1.03. The van der Waals surface area contributed by atoms with Crippen LogP contribution in [0.25, 0.3) is 0 Å². The van der Waals surface area contributed by atoms with Crippen molar-refractivity contribution < 1.29 is 19.5 Å². The molecule has 1 atom stereocenters. The molecule has 0 bridgehead atoms. The normalized spacial score (nSPS) is 18.0. The summed E-state index contributed by atoms with van der Waals surface area (Å²) < 4.78 is 0. The molecule has 0 spiro atoms. The molecule has 1 aliphatic carbocycles. The molecule has 6 heteroatoms. The van der Waals surface area contributed by atoms with E-state index in [1.807, 2.05) is 0 Å². The van der Waals surface area contributed by atoms with E-state index in [9.17, 15) is 14.4 Å². The Kier molecular flexibility index (Phi) is 7.04. The Morgan fingerprint density at radius 2 is 1.75 bits per heavy atom. The summed E-state index contributed by atoms with van der Waals surface area (Å²) in [6.45, 7) is 0. The lowest BCUT2D eigenvalue weighted by Crippen LogP contribution is -2.42.